The van der Waals surface area contributed by atoms with Gasteiger partial charge in [-0.25, -0.2) is 4.98 Å². The molecule has 0 spiro atoms. The van der Waals surface area contributed by atoms with Crippen molar-refractivity contribution < 1.29 is 4.74 Å². The van der Waals surface area contributed by atoms with E-state index in [0.717, 1.165) is 24.8 Å². The van der Waals surface area contributed by atoms with Crippen molar-refractivity contribution in [3.63, 3.8) is 0 Å². The van der Waals surface area contributed by atoms with Gasteiger partial charge >= 0.3 is 0 Å². The van der Waals surface area contributed by atoms with Gasteiger partial charge in [-0.1, -0.05) is 0 Å². The molecule has 0 saturated heterocycles. The van der Waals surface area contributed by atoms with Crippen molar-refractivity contribution in [2.24, 2.45) is 0 Å². The van der Waals surface area contributed by atoms with Gasteiger partial charge < -0.3 is 15.0 Å². The van der Waals surface area contributed by atoms with Crippen LogP contribution in [0.3, 0.4) is 0 Å². The number of anilines is 1. The Morgan fingerprint density at radius 2 is 2.46 bits per heavy atom. The third kappa shape index (κ3) is 3.46. The van der Waals surface area contributed by atoms with Gasteiger partial charge in [-0.15, -0.1) is 0 Å². The summed E-state index contributed by atoms with van der Waals surface area (Å²) in [6, 6.07) is 0. The monoisotopic (exact) mass is 183 g/mol. The van der Waals surface area contributed by atoms with Crippen LogP contribution in [0.2, 0.25) is 0 Å². The number of H-pyrrole nitrogens is 1. The molecule has 74 valence electrons. The fraction of sp³-hybridized carbons (Fsp3) is 0.667. The molecule has 0 saturated carbocycles. The van der Waals surface area contributed by atoms with Gasteiger partial charge in [-0.05, 0) is 20.8 Å². The molecular formula is C9H17N3O. The van der Waals surface area contributed by atoms with Gasteiger partial charge in [-0.2, -0.15) is 0 Å². The van der Waals surface area contributed by atoms with Crippen LogP contribution >= 0.6 is 0 Å². The number of nitrogens with one attached hydrogen (secondary N) is 2. The molecule has 0 aliphatic rings. The van der Waals surface area contributed by atoms with Crippen LogP contribution in [0.25, 0.3) is 0 Å². The quantitative estimate of drug-likeness (QED) is 0.728. The van der Waals surface area contributed by atoms with Crippen LogP contribution in [0.5, 0.6) is 0 Å². The first-order chi connectivity index (χ1) is 6.22. The molecule has 0 aromatic carbocycles. The van der Waals surface area contributed by atoms with E-state index >= 15 is 0 Å². The third-order valence-corrected chi connectivity index (χ3v) is 1.71. The lowest BCUT2D eigenvalue weighted by Gasteiger charge is -2.11. The summed E-state index contributed by atoms with van der Waals surface area (Å²) in [6.45, 7) is 7.53. The SMILES string of the molecule is CCOC(C)CNc1ncc(C)[nH]1. The Labute approximate surface area is 78.7 Å². The fourth-order valence-corrected chi connectivity index (χ4v) is 1.09. The lowest BCUT2D eigenvalue weighted by Crippen LogP contribution is -2.20. The maximum Gasteiger partial charge on any atom is 0.200 e. The van der Waals surface area contributed by atoms with Crippen molar-refractivity contribution in [3.8, 4) is 0 Å². The van der Waals surface area contributed by atoms with E-state index in [2.05, 4.69) is 15.3 Å². The predicted octanol–water partition coefficient (Wildman–Crippen LogP) is 1.56. The Morgan fingerprint density at radius 1 is 1.69 bits per heavy atom. The highest BCUT2D eigenvalue weighted by Gasteiger charge is 2.01. The first kappa shape index (κ1) is 10.1. The molecule has 0 fully saturated rings. The molecule has 1 atom stereocenters. The van der Waals surface area contributed by atoms with Gasteiger partial charge in [0.15, 0.2) is 5.95 Å². The first-order valence-corrected chi connectivity index (χ1v) is 4.59. The molecule has 0 bridgehead atoms. The minimum atomic E-state index is 0.218. The Kier molecular flexibility index (Phi) is 3.76. The van der Waals surface area contributed by atoms with Crippen LogP contribution in [0.4, 0.5) is 5.95 Å². The zero-order chi connectivity index (χ0) is 9.68. The van der Waals surface area contributed by atoms with Gasteiger partial charge in [0, 0.05) is 25.0 Å². The van der Waals surface area contributed by atoms with Crippen LogP contribution in [-0.2, 0) is 4.74 Å². The number of aromatic nitrogens is 2. The summed E-state index contributed by atoms with van der Waals surface area (Å²) in [6.07, 6.45) is 2.02. The second-order valence-corrected chi connectivity index (χ2v) is 3.06. The normalized spacial score (nSPS) is 12.8. The number of aryl methyl sites for hydroxylation is 1. The first-order valence-electron chi connectivity index (χ1n) is 4.59. The van der Waals surface area contributed by atoms with E-state index < -0.39 is 0 Å². The van der Waals surface area contributed by atoms with Crippen LogP contribution < -0.4 is 5.32 Å². The Balaban J connectivity index is 2.26. The van der Waals surface area contributed by atoms with Crippen LogP contribution in [0.15, 0.2) is 6.20 Å². The molecule has 4 nitrogen and oxygen atoms in total. The fourth-order valence-electron chi connectivity index (χ4n) is 1.09. The highest BCUT2D eigenvalue weighted by atomic mass is 16.5. The highest BCUT2D eigenvalue weighted by molar-refractivity contribution is 5.25. The van der Waals surface area contributed by atoms with Crippen molar-refractivity contribution in [1.29, 1.82) is 0 Å². The molecule has 0 radical (unpaired) electrons. The number of rotatable bonds is 5. The van der Waals surface area contributed by atoms with E-state index in [1.807, 2.05) is 20.8 Å². The Hall–Kier alpha value is -1.03. The summed E-state index contributed by atoms with van der Waals surface area (Å²) in [4.78, 5) is 7.22. The highest BCUT2D eigenvalue weighted by Crippen LogP contribution is 2.01. The molecule has 4 heteroatoms. The maximum absolute atomic E-state index is 5.37. The van der Waals surface area contributed by atoms with Crippen molar-refractivity contribution in [3.05, 3.63) is 11.9 Å². The molecule has 0 amide bonds. The topological polar surface area (TPSA) is 49.9 Å². The molecule has 1 heterocycles. The number of nitrogens with zero attached hydrogens (tertiary/aromatic N) is 1. The number of aromatic amines is 1. The van der Waals surface area contributed by atoms with E-state index in [0.29, 0.717) is 0 Å². The summed E-state index contributed by atoms with van der Waals surface area (Å²) >= 11 is 0. The molecule has 0 aliphatic carbocycles. The van der Waals surface area contributed by atoms with Crippen molar-refractivity contribution >= 4 is 5.95 Å². The largest absolute Gasteiger partial charge is 0.377 e. The average molecular weight is 183 g/mol. The smallest absolute Gasteiger partial charge is 0.200 e. The van der Waals surface area contributed by atoms with E-state index in [9.17, 15) is 0 Å². The summed E-state index contributed by atoms with van der Waals surface area (Å²) in [5.41, 5.74) is 1.06. The molecule has 1 unspecified atom stereocenters. The van der Waals surface area contributed by atoms with Crippen LogP contribution in [0.1, 0.15) is 19.5 Å². The van der Waals surface area contributed by atoms with Crippen molar-refractivity contribution in [2.45, 2.75) is 26.9 Å². The minimum Gasteiger partial charge on any atom is -0.377 e. The summed E-state index contributed by atoms with van der Waals surface area (Å²) in [5.74, 6) is 0.809. The molecular weight excluding hydrogens is 166 g/mol. The zero-order valence-corrected chi connectivity index (χ0v) is 8.42. The number of ether oxygens (including phenoxy) is 1. The van der Waals surface area contributed by atoms with E-state index in [1.54, 1.807) is 6.20 Å². The Bertz CT molecular complexity index is 247. The number of hydrogen-bond acceptors (Lipinski definition) is 3. The van der Waals surface area contributed by atoms with Crippen molar-refractivity contribution in [2.75, 3.05) is 18.5 Å². The molecule has 1 aromatic rings. The lowest BCUT2D eigenvalue weighted by atomic mass is 10.4. The predicted molar refractivity (Wildman–Crippen MR) is 52.9 cm³/mol. The average Bonchev–Trinajstić information content (AvgIpc) is 2.49. The van der Waals surface area contributed by atoms with E-state index in [-0.39, 0.29) is 6.10 Å². The second kappa shape index (κ2) is 4.87. The zero-order valence-electron chi connectivity index (χ0n) is 8.42. The number of imidazole rings is 1. The standard InChI is InChI=1S/C9H17N3O/c1-4-13-8(3)6-11-9-10-5-7(2)12-9/h5,8H,4,6H2,1-3H3,(H2,10,11,12). The van der Waals surface area contributed by atoms with Crippen LogP contribution in [0, 0.1) is 6.92 Å². The number of hydrogen-bond donors (Lipinski definition) is 2. The van der Waals surface area contributed by atoms with Gasteiger partial charge in [0.05, 0.1) is 6.10 Å². The van der Waals surface area contributed by atoms with Crippen molar-refractivity contribution in [1.82, 2.24) is 9.97 Å². The van der Waals surface area contributed by atoms with E-state index in [1.165, 1.54) is 0 Å². The second-order valence-electron chi connectivity index (χ2n) is 3.06. The summed E-state index contributed by atoms with van der Waals surface area (Å²) < 4.78 is 5.37. The maximum atomic E-state index is 5.37. The molecule has 13 heavy (non-hydrogen) atoms. The van der Waals surface area contributed by atoms with E-state index in [4.69, 9.17) is 4.74 Å². The van der Waals surface area contributed by atoms with Crippen LogP contribution in [-0.4, -0.2) is 29.2 Å². The van der Waals surface area contributed by atoms with Gasteiger partial charge in [-0.3, -0.25) is 0 Å². The lowest BCUT2D eigenvalue weighted by molar-refractivity contribution is 0.0854. The van der Waals surface area contributed by atoms with Gasteiger partial charge in [0.1, 0.15) is 0 Å². The molecule has 1 rings (SSSR count). The molecule has 1 aromatic heterocycles. The summed E-state index contributed by atoms with van der Waals surface area (Å²) in [5, 5.41) is 3.16. The van der Waals surface area contributed by atoms with Gasteiger partial charge in [0.25, 0.3) is 0 Å². The minimum absolute atomic E-state index is 0.218. The van der Waals surface area contributed by atoms with Gasteiger partial charge in [0.2, 0.25) is 0 Å². The summed E-state index contributed by atoms with van der Waals surface area (Å²) in [7, 11) is 0. The third-order valence-electron chi connectivity index (χ3n) is 1.71. The molecule has 2 N–H and O–H groups in total. The molecule has 0 aliphatic heterocycles. The Morgan fingerprint density at radius 3 is 3.00 bits per heavy atom.